The molecule has 0 aliphatic heterocycles. The molecule has 1 fully saturated rings. The SMILES string of the molecule is CC[C@H](Nc1cc(C(F)F)c(-c2cnc(C(=O)N[C@H]3CCC[C@@H]3O)s2)cn1)C(F)(F)F. The topological polar surface area (TPSA) is 87.1 Å². The van der Waals surface area contributed by atoms with Crippen molar-refractivity contribution in [2.45, 2.75) is 63.4 Å². The summed E-state index contributed by atoms with van der Waals surface area (Å²) in [5.41, 5.74) is -0.533. The average Bonchev–Trinajstić information content (AvgIpc) is 3.34. The normalized spacial score (nSPS) is 20.1. The molecular formula is C19H21F5N4O2S. The molecule has 6 nitrogen and oxygen atoms in total. The number of amides is 1. The van der Waals surface area contributed by atoms with E-state index in [9.17, 15) is 31.9 Å². The average molecular weight is 464 g/mol. The van der Waals surface area contributed by atoms with E-state index in [0.717, 1.165) is 30.0 Å². The Hall–Kier alpha value is -2.34. The van der Waals surface area contributed by atoms with Crippen molar-refractivity contribution in [1.29, 1.82) is 0 Å². The number of halogens is 5. The van der Waals surface area contributed by atoms with E-state index in [1.165, 1.54) is 13.1 Å². The molecule has 3 atom stereocenters. The molecule has 0 saturated heterocycles. The molecule has 0 spiro atoms. The van der Waals surface area contributed by atoms with Gasteiger partial charge in [0.2, 0.25) is 0 Å². The predicted octanol–water partition coefficient (Wildman–Crippen LogP) is 4.54. The van der Waals surface area contributed by atoms with Gasteiger partial charge in [-0.3, -0.25) is 4.79 Å². The number of carbonyl (C=O) groups excluding carboxylic acids is 1. The van der Waals surface area contributed by atoms with E-state index >= 15 is 0 Å². The van der Waals surface area contributed by atoms with Crippen LogP contribution < -0.4 is 10.6 Å². The van der Waals surface area contributed by atoms with Crippen molar-refractivity contribution in [1.82, 2.24) is 15.3 Å². The van der Waals surface area contributed by atoms with Gasteiger partial charge in [-0.15, -0.1) is 11.3 Å². The fourth-order valence-corrected chi connectivity index (χ4v) is 4.22. The van der Waals surface area contributed by atoms with Crippen LogP contribution in [-0.2, 0) is 0 Å². The minimum absolute atomic E-state index is 0.0157. The number of hydrogen-bond acceptors (Lipinski definition) is 6. The first-order chi connectivity index (χ1) is 14.6. The molecule has 0 unspecified atom stereocenters. The van der Waals surface area contributed by atoms with E-state index in [1.807, 2.05) is 0 Å². The van der Waals surface area contributed by atoms with Gasteiger partial charge in [-0.2, -0.15) is 13.2 Å². The molecule has 1 amide bonds. The highest BCUT2D eigenvalue weighted by molar-refractivity contribution is 7.17. The van der Waals surface area contributed by atoms with E-state index in [-0.39, 0.29) is 33.7 Å². The number of pyridine rings is 1. The second-order valence-electron chi connectivity index (χ2n) is 7.21. The van der Waals surface area contributed by atoms with Gasteiger partial charge in [0.25, 0.3) is 12.3 Å². The van der Waals surface area contributed by atoms with Gasteiger partial charge in [0.1, 0.15) is 11.9 Å². The van der Waals surface area contributed by atoms with Crippen molar-refractivity contribution >= 4 is 23.1 Å². The molecule has 1 aliphatic rings. The van der Waals surface area contributed by atoms with Gasteiger partial charge in [0.15, 0.2) is 5.01 Å². The van der Waals surface area contributed by atoms with Crippen LogP contribution in [0.5, 0.6) is 0 Å². The van der Waals surface area contributed by atoms with E-state index in [1.54, 1.807) is 0 Å². The van der Waals surface area contributed by atoms with Crippen LogP contribution in [0.4, 0.5) is 27.8 Å². The zero-order chi connectivity index (χ0) is 22.8. The number of carbonyl (C=O) groups is 1. The summed E-state index contributed by atoms with van der Waals surface area (Å²) in [7, 11) is 0. The Labute approximate surface area is 178 Å². The van der Waals surface area contributed by atoms with Crippen molar-refractivity contribution in [3.63, 3.8) is 0 Å². The number of nitrogens with zero attached hydrogens (tertiary/aromatic N) is 2. The van der Waals surface area contributed by atoms with Crippen LogP contribution >= 0.6 is 11.3 Å². The van der Waals surface area contributed by atoms with Gasteiger partial charge in [-0.25, -0.2) is 18.7 Å². The minimum Gasteiger partial charge on any atom is -0.391 e. The van der Waals surface area contributed by atoms with Crippen molar-refractivity contribution in [2.24, 2.45) is 0 Å². The van der Waals surface area contributed by atoms with Gasteiger partial charge in [-0.1, -0.05) is 6.92 Å². The zero-order valence-electron chi connectivity index (χ0n) is 16.4. The molecule has 2 aromatic heterocycles. The second kappa shape index (κ2) is 9.43. The Balaban J connectivity index is 1.81. The van der Waals surface area contributed by atoms with E-state index in [4.69, 9.17) is 0 Å². The number of aliphatic hydroxyl groups is 1. The van der Waals surface area contributed by atoms with Crippen molar-refractivity contribution in [3.8, 4) is 10.4 Å². The molecule has 3 N–H and O–H groups in total. The number of aromatic nitrogens is 2. The lowest BCUT2D eigenvalue weighted by Crippen LogP contribution is -2.39. The lowest BCUT2D eigenvalue weighted by atomic mass is 10.1. The van der Waals surface area contributed by atoms with E-state index in [2.05, 4.69) is 20.6 Å². The van der Waals surface area contributed by atoms with Crippen LogP contribution in [0, 0.1) is 0 Å². The molecule has 0 aromatic carbocycles. The molecular weight excluding hydrogens is 443 g/mol. The summed E-state index contributed by atoms with van der Waals surface area (Å²) in [4.78, 5) is 20.4. The van der Waals surface area contributed by atoms with Gasteiger partial charge in [0, 0.05) is 23.5 Å². The lowest BCUT2D eigenvalue weighted by Gasteiger charge is -2.21. The first kappa shape index (κ1) is 23.3. The van der Waals surface area contributed by atoms with Crippen molar-refractivity contribution in [2.75, 3.05) is 5.32 Å². The highest BCUT2D eigenvalue weighted by Gasteiger charge is 2.38. The Morgan fingerprint density at radius 2 is 2.03 bits per heavy atom. The van der Waals surface area contributed by atoms with Crippen molar-refractivity contribution < 1.29 is 31.9 Å². The molecule has 12 heteroatoms. The van der Waals surface area contributed by atoms with Crippen LogP contribution in [0.1, 0.15) is 54.4 Å². The molecule has 0 radical (unpaired) electrons. The molecule has 170 valence electrons. The number of anilines is 1. The third-order valence-corrected chi connectivity index (χ3v) is 6.09. The first-order valence-corrected chi connectivity index (χ1v) is 10.5. The summed E-state index contributed by atoms with van der Waals surface area (Å²) >= 11 is 0.860. The summed E-state index contributed by atoms with van der Waals surface area (Å²) in [5, 5.41) is 14.7. The maximum atomic E-state index is 13.6. The van der Waals surface area contributed by atoms with E-state index in [0.29, 0.717) is 12.8 Å². The number of thiazole rings is 1. The molecule has 31 heavy (non-hydrogen) atoms. The van der Waals surface area contributed by atoms with Crippen LogP contribution in [0.15, 0.2) is 18.5 Å². The maximum Gasteiger partial charge on any atom is 0.408 e. The van der Waals surface area contributed by atoms with Gasteiger partial charge in [0.05, 0.1) is 17.0 Å². The molecule has 2 heterocycles. The number of alkyl halides is 5. The monoisotopic (exact) mass is 464 g/mol. The van der Waals surface area contributed by atoms with Gasteiger partial charge >= 0.3 is 6.18 Å². The first-order valence-electron chi connectivity index (χ1n) is 9.66. The Morgan fingerprint density at radius 3 is 2.61 bits per heavy atom. The van der Waals surface area contributed by atoms with Crippen LogP contribution in [0.25, 0.3) is 10.4 Å². The molecule has 1 saturated carbocycles. The second-order valence-corrected chi connectivity index (χ2v) is 8.24. The summed E-state index contributed by atoms with van der Waals surface area (Å²) in [6.07, 6.45) is -4.16. The predicted molar refractivity (Wildman–Crippen MR) is 105 cm³/mol. The smallest absolute Gasteiger partial charge is 0.391 e. The summed E-state index contributed by atoms with van der Waals surface area (Å²) < 4.78 is 66.1. The maximum absolute atomic E-state index is 13.6. The lowest BCUT2D eigenvalue weighted by molar-refractivity contribution is -0.142. The number of rotatable bonds is 7. The fourth-order valence-electron chi connectivity index (χ4n) is 3.37. The Kier molecular flexibility index (Phi) is 7.10. The third-order valence-electron chi connectivity index (χ3n) is 5.06. The van der Waals surface area contributed by atoms with E-state index < -0.39 is 36.2 Å². The number of nitrogens with one attached hydrogen (secondary N) is 2. The third kappa shape index (κ3) is 5.48. The van der Waals surface area contributed by atoms with Crippen molar-refractivity contribution in [3.05, 3.63) is 29.0 Å². The number of aliphatic hydroxyl groups excluding tert-OH is 1. The molecule has 3 rings (SSSR count). The summed E-state index contributed by atoms with van der Waals surface area (Å²) in [6, 6.07) is -1.42. The van der Waals surface area contributed by atoms with Crippen LogP contribution in [0.2, 0.25) is 0 Å². The zero-order valence-corrected chi connectivity index (χ0v) is 17.2. The van der Waals surface area contributed by atoms with Crippen LogP contribution in [0.3, 0.4) is 0 Å². The summed E-state index contributed by atoms with van der Waals surface area (Å²) in [6.45, 7) is 1.32. The Morgan fingerprint density at radius 1 is 1.29 bits per heavy atom. The highest BCUT2D eigenvalue weighted by Crippen LogP contribution is 2.36. The molecule has 0 bridgehead atoms. The highest BCUT2D eigenvalue weighted by atomic mass is 32.1. The fraction of sp³-hybridized carbons (Fsp3) is 0.526. The molecule has 2 aromatic rings. The Bertz CT molecular complexity index is 921. The largest absolute Gasteiger partial charge is 0.408 e. The standard InChI is InChI=1S/C19H21F5N4O2S/c1-2-14(19(22,23)24)28-15-6-9(16(20)21)10(7-25-15)13-8-26-18(31-13)17(30)27-11-4-3-5-12(11)29/h6-8,11-12,14,16,29H,2-5H2,1H3,(H,25,28)(H,27,30)/t11-,12-,14-/m0/s1. The van der Waals surface area contributed by atoms with Gasteiger partial charge < -0.3 is 15.7 Å². The van der Waals surface area contributed by atoms with Gasteiger partial charge in [-0.05, 0) is 31.7 Å². The summed E-state index contributed by atoms with van der Waals surface area (Å²) in [5.74, 6) is -0.844. The number of hydrogen-bond donors (Lipinski definition) is 3. The minimum atomic E-state index is -4.55. The quantitative estimate of drug-likeness (QED) is 0.524. The molecule has 1 aliphatic carbocycles. The van der Waals surface area contributed by atoms with Crippen LogP contribution in [-0.4, -0.2) is 45.3 Å².